The lowest BCUT2D eigenvalue weighted by molar-refractivity contribution is 0.0967. The molecule has 1 aromatic heterocycles. The van der Waals surface area contributed by atoms with Crippen molar-refractivity contribution in [2.75, 3.05) is 6.54 Å². The van der Waals surface area contributed by atoms with Crippen molar-refractivity contribution < 1.29 is 4.74 Å². The number of fused-ring (bicyclic) bond motifs is 1. The summed E-state index contributed by atoms with van der Waals surface area (Å²) in [7, 11) is 0. The number of rotatable bonds is 3. The molecule has 2 heterocycles. The Bertz CT molecular complexity index is 377. The lowest BCUT2D eigenvalue weighted by atomic mass is 10.1. The van der Waals surface area contributed by atoms with Gasteiger partial charge in [0, 0.05) is 25.1 Å². The standard InChI is InChI=1S/C12H19N3O/c1-4-12(2,3)16-11-9-7-13-6-5-10(9)14-8-15-11/h8,13H,4-7H2,1-3H3. The van der Waals surface area contributed by atoms with Crippen molar-refractivity contribution in [1.29, 1.82) is 0 Å². The lowest BCUT2D eigenvalue weighted by Crippen LogP contribution is -2.31. The third-order valence-electron chi connectivity index (χ3n) is 3.06. The molecule has 0 amide bonds. The molecule has 4 nitrogen and oxygen atoms in total. The fraction of sp³-hybridized carbons (Fsp3) is 0.667. The second-order valence-corrected chi connectivity index (χ2v) is 4.75. The van der Waals surface area contributed by atoms with Gasteiger partial charge in [-0.05, 0) is 20.3 Å². The summed E-state index contributed by atoms with van der Waals surface area (Å²) in [4.78, 5) is 8.56. The van der Waals surface area contributed by atoms with Gasteiger partial charge in [-0.3, -0.25) is 0 Å². The van der Waals surface area contributed by atoms with E-state index in [1.165, 1.54) is 0 Å². The molecule has 88 valence electrons. The smallest absolute Gasteiger partial charge is 0.221 e. The highest BCUT2D eigenvalue weighted by molar-refractivity contribution is 5.31. The Balaban J connectivity index is 2.27. The van der Waals surface area contributed by atoms with E-state index in [2.05, 4.69) is 36.1 Å². The van der Waals surface area contributed by atoms with Crippen LogP contribution in [0.25, 0.3) is 0 Å². The zero-order valence-corrected chi connectivity index (χ0v) is 10.2. The normalized spacial score (nSPS) is 15.7. The van der Waals surface area contributed by atoms with Crippen molar-refractivity contribution in [1.82, 2.24) is 15.3 Å². The van der Waals surface area contributed by atoms with E-state index in [9.17, 15) is 0 Å². The Morgan fingerprint density at radius 2 is 2.25 bits per heavy atom. The van der Waals surface area contributed by atoms with Gasteiger partial charge in [0.15, 0.2) is 0 Å². The molecule has 0 bridgehead atoms. The Morgan fingerprint density at radius 3 is 3.00 bits per heavy atom. The third kappa shape index (κ3) is 2.32. The second kappa shape index (κ2) is 4.37. The fourth-order valence-electron chi connectivity index (χ4n) is 1.67. The van der Waals surface area contributed by atoms with Crippen molar-refractivity contribution in [3.8, 4) is 5.88 Å². The van der Waals surface area contributed by atoms with Crippen LogP contribution >= 0.6 is 0 Å². The molecule has 1 aliphatic rings. The molecular formula is C12H19N3O. The van der Waals surface area contributed by atoms with Crippen molar-refractivity contribution >= 4 is 0 Å². The van der Waals surface area contributed by atoms with Gasteiger partial charge in [-0.1, -0.05) is 6.92 Å². The Morgan fingerprint density at radius 1 is 1.44 bits per heavy atom. The number of nitrogens with one attached hydrogen (secondary N) is 1. The van der Waals surface area contributed by atoms with Crippen LogP contribution in [0.5, 0.6) is 5.88 Å². The maximum Gasteiger partial charge on any atom is 0.221 e. The first-order valence-corrected chi connectivity index (χ1v) is 5.85. The SMILES string of the molecule is CCC(C)(C)Oc1ncnc2c1CNCC2. The number of aromatic nitrogens is 2. The Hall–Kier alpha value is -1.16. The molecule has 0 aromatic carbocycles. The predicted molar refractivity (Wildman–Crippen MR) is 62.4 cm³/mol. The van der Waals surface area contributed by atoms with Crippen molar-refractivity contribution in [3.05, 3.63) is 17.6 Å². The van der Waals surface area contributed by atoms with Gasteiger partial charge in [0.05, 0.1) is 5.69 Å². The maximum absolute atomic E-state index is 5.96. The highest BCUT2D eigenvalue weighted by atomic mass is 16.5. The van der Waals surface area contributed by atoms with E-state index in [0.717, 1.165) is 43.1 Å². The van der Waals surface area contributed by atoms with Crippen LogP contribution in [-0.2, 0) is 13.0 Å². The Labute approximate surface area is 96.4 Å². The summed E-state index contributed by atoms with van der Waals surface area (Å²) in [6.45, 7) is 8.08. The molecule has 0 radical (unpaired) electrons. The van der Waals surface area contributed by atoms with Crippen molar-refractivity contribution in [3.63, 3.8) is 0 Å². The molecule has 16 heavy (non-hydrogen) atoms. The quantitative estimate of drug-likeness (QED) is 0.843. The number of nitrogens with zero attached hydrogens (tertiary/aromatic N) is 2. The van der Waals surface area contributed by atoms with E-state index in [1.54, 1.807) is 6.33 Å². The van der Waals surface area contributed by atoms with Gasteiger partial charge >= 0.3 is 0 Å². The van der Waals surface area contributed by atoms with E-state index in [4.69, 9.17) is 4.74 Å². The number of hydrogen-bond acceptors (Lipinski definition) is 4. The minimum absolute atomic E-state index is 0.167. The van der Waals surface area contributed by atoms with E-state index < -0.39 is 0 Å². The van der Waals surface area contributed by atoms with Gasteiger partial charge in [-0.25, -0.2) is 9.97 Å². The summed E-state index contributed by atoms with van der Waals surface area (Å²) in [6, 6.07) is 0. The third-order valence-corrected chi connectivity index (χ3v) is 3.06. The minimum atomic E-state index is -0.167. The second-order valence-electron chi connectivity index (χ2n) is 4.75. The van der Waals surface area contributed by atoms with Gasteiger partial charge in [0.25, 0.3) is 0 Å². The summed E-state index contributed by atoms with van der Waals surface area (Å²) in [5, 5.41) is 3.33. The summed E-state index contributed by atoms with van der Waals surface area (Å²) >= 11 is 0. The van der Waals surface area contributed by atoms with Crippen LogP contribution in [0.4, 0.5) is 0 Å². The zero-order chi connectivity index (χ0) is 11.6. The van der Waals surface area contributed by atoms with E-state index in [-0.39, 0.29) is 5.60 Å². The molecular weight excluding hydrogens is 202 g/mol. The monoisotopic (exact) mass is 221 g/mol. The summed E-state index contributed by atoms with van der Waals surface area (Å²) in [5.74, 6) is 0.740. The van der Waals surface area contributed by atoms with Crippen LogP contribution in [-0.4, -0.2) is 22.1 Å². The van der Waals surface area contributed by atoms with Gasteiger partial charge in [0.2, 0.25) is 5.88 Å². The molecule has 1 aliphatic heterocycles. The molecule has 0 saturated carbocycles. The molecule has 4 heteroatoms. The molecule has 1 N–H and O–H groups in total. The van der Waals surface area contributed by atoms with Crippen LogP contribution in [0.3, 0.4) is 0 Å². The molecule has 0 saturated heterocycles. The minimum Gasteiger partial charge on any atom is -0.471 e. The van der Waals surface area contributed by atoms with Crippen LogP contribution < -0.4 is 10.1 Å². The first-order chi connectivity index (χ1) is 7.62. The summed E-state index contributed by atoms with van der Waals surface area (Å²) < 4.78 is 5.96. The van der Waals surface area contributed by atoms with Crippen LogP contribution in [0.1, 0.15) is 38.4 Å². The lowest BCUT2D eigenvalue weighted by Gasteiger charge is -2.27. The van der Waals surface area contributed by atoms with Crippen LogP contribution in [0, 0.1) is 0 Å². The van der Waals surface area contributed by atoms with Gasteiger partial charge in [-0.15, -0.1) is 0 Å². The highest BCUT2D eigenvalue weighted by Gasteiger charge is 2.22. The molecule has 0 unspecified atom stereocenters. The highest BCUT2D eigenvalue weighted by Crippen LogP contribution is 2.25. The van der Waals surface area contributed by atoms with Crippen LogP contribution in [0.15, 0.2) is 6.33 Å². The molecule has 0 spiro atoms. The molecule has 2 rings (SSSR count). The van der Waals surface area contributed by atoms with E-state index in [0.29, 0.717) is 0 Å². The number of ether oxygens (including phenoxy) is 1. The average molecular weight is 221 g/mol. The number of hydrogen-bond donors (Lipinski definition) is 1. The van der Waals surface area contributed by atoms with Gasteiger partial charge in [0.1, 0.15) is 11.9 Å². The molecule has 0 fully saturated rings. The first kappa shape index (κ1) is 11.3. The first-order valence-electron chi connectivity index (χ1n) is 5.85. The van der Waals surface area contributed by atoms with Crippen molar-refractivity contribution in [2.45, 2.75) is 45.8 Å². The molecule has 0 atom stereocenters. The molecule has 0 aliphatic carbocycles. The average Bonchev–Trinajstić information content (AvgIpc) is 2.29. The topological polar surface area (TPSA) is 47.0 Å². The zero-order valence-electron chi connectivity index (χ0n) is 10.2. The largest absolute Gasteiger partial charge is 0.471 e. The molecule has 1 aromatic rings. The maximum atomic E-state index is 5.96. The Kier molecular flexibility index (Phi) is 3.10. The van der Waals surface area contributed by atoms with Crippen molar-refractivity contribution in [2.24, 2.45) is 0 Å². The van der Waals surface area contributed by atoms with E-state index in [1.807, 2.05) is 0 Å². The fourth-order valence-corrected chi connectivity index (χ4v) is 1.67. The van der Waals surface area contributed by atoms with Gasteiger partial charge < -0.3 is 10.1 Å². The van der Waals surface area contributed by atoms with Gasteiger partial charge in [-0.2, -0.15) is 0 Å². The van der Waals surface area contributed by atoms with Crippen LogP contribution in [0.2, 0.25) is 0 Å². The summed E-state index contributed by atoms with van der Waals surface area (Å²) in [5.41, 5.74) is 2.07. The van der Waals surface area contributed by atoms with E-state index >= 15 is 0 Å². The predicted octanol–water partition coefficient (Wildman–Crippen LogP) is 1.69. The summed E-state index contributed by atoms with van der Waals surface area (Å²) in [6.07, 6.45) is 3.52.